The highest BCUT2D eigenvalue weighted by Crippen LogP contribution is 2.27. The minimum atomic E-state index is -0.0544. The van der Waals surface area contributed by atoms with Crippen molar-refractivity contribution in [3.8, 4) is 0 Å². The van der Waals surface area contributed by atoms with E-state index in [9.17, 15) is 4.79 Å². The zero-order chi connectivity index (χ0) is 17.2. The third-order valence-corrected chi connectivity index (χ3v) is 5.64. The minimum absolute atomic E-state index is 0.0544. The zero-order valence-corrected chi connectivity index (χ0v) is 15.1. The first kappa shape index (κ1) is 16.3. The van der Waals surface area contributed by atoms with Gasteiger partial charge in [0.1, 0.15) is 11.5 Å². The molecule has 3 aromatic heterocycles. The number of thioether (sulfide) groups is 1. The summed E-state index contributed by atoms with van der Waals surface area (Å²) in [6.45, 7) is 1.96. The molecule has 6 nitrogen and oxygen atoms in total. The standard InChI is InChI=1S/C18H21N5OS/c1-12-5-4-8-23-16(24)10-14(19-17(12)23)11-25-18-20-15(21-22-18)9-13-6-2-3-7-13/h4-5,8,10,13H,2-3,6-7,9,11H2,1H3,(H,20,21,22). The predicted octanol–water partition coefficient (Wildman–Crippen LogP) is 3.15. The van der Waals surface area contributed by atoms with Crippen molar-refractivity contribution in [2.45, 2.75) is 49.9 Å². The third-order valence-electron chi connectivity index (χ3n) is 4.76. The Morgan fingerprint density at radius 2 is 2.16 bits per heavy atom. The van der Waals surface area contributed by atoms with Gasteiger partial charge in [-0.3, -0.25) is 14.3 Å². The van der Waals surface area contributed by atoms with Crippen LogP contribution in [-0.2, 0) is 12.2 Å². The summed E-state index contributed by atoms with van der Waals surface area (Å²) in [6.07, 6.45) is 8.01. The molecule has 0 bridgehead atoms. The molecule has 0 radical (unpaired) electrons. The Morgan fingerprint density at radius 1 is 1.32 bits per heavy atom. The SMILES string of the molecule is Cc1cccn2c(=O)cc(CSc3n[nH]c(CC4CCCC4)n3)nc12. The van der Waals surface area contributed by atoms with Gasteiger partial charge in [-0.05, 0) is 24.5 Å². The fraction of sp³-hybridized carbons (Fsp3) is 0.444. The second-order valence-electron chi connectivity index (χ2n) is 6.68. The Morgan fingerprint density at radius 3 is 3.00 bits per heavy atom. The molecule has 0 aliphatic heterocycles. The fourth-order valence-electron chi connectivity index (χ4n) is 3.44. The molecule has 1 saturated carbocycles. The Labute approximate surface area is 150 Å². The Bertz CT molecular complexity index is 942. The predicted molar refractivity (Wildman–Crippen MR) is 97.8 cm³/mol. The van der Waals surface area contributed by atoms with E-state index in [0.29, 0.717) is 11.4 Å². The molecule has 3 aromatic rings. The summed E-state index contributed by atoms with van der Waals surface area (Å²) in [6, 6.07) is 5.41. The molecule has 0 aromatic carbocycles. The van der Waals surface area contributed by atoms with Gasteiger partial charge in [-0.15, -0.1) is 5.10 Å². The van der Waals surface area contributed by atoms with Gasteiger partial charge in [-0.1, -0.05) is 43.5 Å². The van der Waals surface area contributed by atoms with E-state index in [1.807, 2.05) is 19.1 Å². The third kappa shape index (κ3) is 3.61. The van der Waals surface area contributed by atoms with Crippen molar-refractivity contribution in [1.82, 2.24) is 24.6 Å². The molecule has 3 heterocycles. The van der Waals surface area contributed by atoms with Crippen LogP contribution in [0.25, 0.3) is 5.65 Å². The quantitative estimate of drug-likeness (QED) is 0.712. The van der Waals surface area contributed by atoms with Crippen molar-refractivity contribution in [3.63, 3.8) is 0 Å². The van der Waals surface area contributed by atoms with E-state index in [0.717, 1.165) is 34.6 Å². The van der Waals surface area contributed by atoms with E-state index in [1.54, 1.807) is 16.7 Å². The summed E-state index contributed by atoms with van der Waals surface area (Å²) in [4.78, 5) is 21.4. The number of hydrogen-bond donors (Lipinski definition) is 1. The molecule has 0 atom stereocenters. The van der Waals surface area contributed by atoms with Crippen LogP contribution >= 0.6 is 11.8 Å². The summed E-state index contributed by atoms with van der Waals surface area (Å²) < 4.78 is 1.58. The van der Waals surface area contributed by atoms with Crippen molar-refractivity contribution in [1.29, 1.82) is 0 Å². The minimum Gasteiger partial charge on any atom is -0.269 e. The molecular formula is C18H21N5OS. The Kier molecular flexibility index (Phi) is 4.57. The lowest BCUT2D eigenvalue weighted by molar-refractivity contribution is 0.531. The second kappa shape index (κ2) is 7.00. The first-order valence-electron chi connectivity index (χ1n) is 8.71. The van der Waals surface area contributed by atoms with Crippen molar-refractivity contribution in [2.75, 3.05) is 0 Å². The van der Waals surface area contributed by atoms with Crippen LogP contribution in [0.15, 0.2) is 34.3 Å². The van der Waals surface area contributed by atoms with Crippen LogP contribution in [0.3, 0.4) is 0 Å². The number of aromatic nitrogens is 5. The van der Waals surface area contributed by atoms with Crippen LogP contribution in [0.4, 0.5) is 0 Å². The molecule has 1 fully saturated rings. The lowest BCUT2D eigenvalue weighted by Crippen LogP contribution is -2.15. The first-order chi connectivity index (χ1) is 12.2. The number of nitrogens with zero attached hydrogens (tertiary/aromatic N) is 4. The maximum absolute atomic E-state index is 12.2. The number of nitrogens with one attached hydrogen (secondary N) is 1. The first-order valence-corrected chi connectivity index (χ1v) is 9.69. The summed E-state index contributed by atoms with van der Waals surface area (Å²) in [7, 11) is 0. The Balaban J connectivity index is 1.46. The lowest BCUT2D eigenvalue weighted by Gasteiger charge is -2.05. The van der Waals surface area contributed by atoms with Crippen LogP contribution in [0.5, 0.6) is 0 Å². The lowest BCUT2D eigenvalue weighted by atomic mass is 10.0. The molecule has 1 aliphatic rings. The maximum atomic E-state index is 12.2. The number of pyridine rings is 1. The van der Waals surface area contributed by atoms with E-state index in [-0.39, 0.29) is 5.56 Å². The van der Waals surface area contributed by atoms with Crippen LogP contribution in [0.2, 0.25) is 0 Å². The number of rotatable bonds is 5. The average Bonchev–Trinajstić information content (AvgIpc) is 3.26. The molecule has 0 saturated heterocycles. The summed E-state index contributed by atoms with van der Waals surface area (Å²) in [5.41, 5.74) is 2.40. The number of H-pyrrole nitrogens is 1. The van der Waals surface area contributed by atoms with Gasteiger partial charge in [0, 0.05) is 24.4 Å². The van der Waals surface area contributed by atoms with Crippen molar-refractivity contribution in [2.24, 2.45) is 5.92 Å². The van der Waals surface area contributed by atoms with Gasteiger partial charge in [0.25, 0.3) is 5.56 Å². The van der Waals surface area contributed by atoms with Crippen LogP contribution in [-0.4, -0.2) is 24.6 Å². The van der Waals surface area contributed by atoms with Crippen LogP contribution in [0.1, 0.15) is 42.8 Å². The smallest absolute Gasteiger partial charge is 0.258 e. The van der Waals surface area contributed by atoms with Gasteiger partial charge >= 0.3 is 0 Å². The fourth-order valence-corrected chi connectivity index (χ4v) is 4.15. The number of aryl methyl sites for hydroxylation is 1. The normalized spacial score (nSPS) is 15.2. The summed E-state index contributed by atoms with van der Waals surface area (Å²) >= 11 is 1.51. The highest BCUT2D eigenvalue weighted by atomic mass is 32.2. The number of hydrogen-bond acceptors (Lipinski definition) is 5. The molecule has 25 heavy (non-hydrogen) atoms. The highest BCUT2D eigenvalue weighted by molar-refractivity contribution is 7.98. The molecule has 0 amide bonds. The van der Waals surface area contributed by atoms with Crippen molar-refractivity contribution >= 4 is 17.4 Å². The summed E-state index contributed by atoms with van der Waals surface area (Å²) in [5.74, 6) is 2.30. The van der Waals surface area contributed by atoms with E-state index in [1.165, 1.54) is 37.4 Å². The van der Waals surface area contributed by atoms with Gasteiger partial charge < -0.3 is 0 Å². The molecule has 7 heteroatoms. The molecule has 1 aliphatic carbocycles. The molecule has 130 valence electrons. The largest absolute Gasteiger partial charge is 0.269 e. The van der Waals surface area contributed by atoms with Gasteiger partial charge in [-0.2, -0.15) is 0 Å². The zero-order valence-electron chi connectivity index (χ0n) is 14.2. The van der Waals surface area contributed by atoms with E-state index in [2.05, 4.69) is 20.2 Å². The topological polar surface area (TPSA) is 75.9 Å². The van der Waals surface area contributed by atoms with Crippen molar-refractivity contribution < 1.29 is 0 Å². The molecule has 4 rings (SSSR count). The molecular weight excluding hydrogens is 334 g/mol. The van der Waals surface area contributed by atoms with E-state index < -0.39 is 0 Å². The van der Waals surface area contributed by atoms with Gasteiger partial charge in [-0.25, -0.2) is 9.97 Å². The average molecular weight is 355 g/mol. The molecule has 0 spiro atoms. The van der Waals surface area contributed by atoms with Gasteiger partial charge in [0.05, 0.1) is 5.69 Å². The highest BCUT2D eigenvalue weighted by Gasteiger charge is 2.17. The number of fused-ring (bicyclic) bond motifs is 1. The summed E-state index contributed by atoms with van der Waals surface area (Å²) in [5, 5.41) is 8.06. The number of aromatic amines is 1. The second-order valence-corrected chi connectivity index (χ2v) is 7.62. The van der Waals surface area contributed by atoms with Gasteiger partial charge in [0.15, 0.2) is 0 Å². The van der Waals surface area contributed by atoms with E-state index in [4.69, 9.17) is 0 Å². The van der Waals surface area contributed by atoms with Crippen molar-refractivity contribution in [3.05, 3.63) is 51.8 Å². The van der Waals surface area contributed by atoms with Crippen LogP contribution in [0, 0.1) is 12.8 Å². The maximum Gasteiger partial charge on any atom is 0.258 e. The Hall–Kier alpha value is -2.15. The molecule has 0 unspecified atom stereocenters. The van der Waals surface area contributed by atoms with Gasteiger partial charge in [0.2, 0.25) is 5.16 Å². The van der Waals surface area contributed by atoms with E-state index >= 15 is 0 Å². The molecule has 1 N–H and O–H groups in total. The monoisotopic (exact) mass is 355 g/mol. The van der Waals surface area contributed by atoms with Crippen LogP contribution < -0.4 is 5.56 Å².